The van der Waals surface area contributed by atoms with Gasteiger partial charge in [0.1, 0.15) is 11.0 Å². The van der Waals surface area contributed by atoms with Crippen LogP contribution in [0.1, 0.15) is 5.56 Å². The summed E-state index contributed by atoms with van der Waals surface area (Å²) in [6.45, 7) is 1.78. The van der Waals surface area contributed by atoms with Crippen molar-refractivity contribution in [1.29, 1.82) is 0 Å². The van der Waals surface area contributed by atoms with Gasteiger partial charge < -0.3 is 15.4 Å². The van der Waals surface area contributed by atoms with E-state index in [1.807, 2.05) is 25.1 Å². The zero-order valence-corrected chi connectivity index (χ0v) is 12.1. The fourth-order valence-electron chi connectivity index (χ4n) is 1.64. The molecule has 8 heteroatoms. The number of amides is 1. The maximum Gasteiger partial charge on any atom is 0.404 e. The average Bonchev–Trinajstić information content (AvgIpc) is 2.73. The number of benzene rings is 1. The number of anilines is 1. The van der Waals surface area contributed by atoms with Crippen molar-refractivity contribution in [3.8, 4) is 0 Å². The molecule has 0 saturated heterocycles. The number of hydrogen-bond acceptors (Lipinski definition) is 4. The number of nitrogens with zero attached hydrogens (tertiary/aromatic N) is 3. The van der Waals surface area contributed by atoms with Crippen LogP contribution in [0.15, 0.2) is 34.9 Å². The summed E-state index contributed by atoms with van der Waals surface area (Å²) >= 11 is 3.03. The fourth-order valence-corrected chi connectivity index (χ4v) is 2.10. The van der Waals surface area contributed by atoms with Gasteiger partial charge >= 0.3 is 5.82 Å². The van der Waals surface area contributed by atoms with E-state index < -0.39 is 4.92 Å². The molecule has 20 heavy (non-hydrogen) atoms. The van der Waals surface area contributed by atoms with Crippen LogP contribution in [-0.4, -0.2) is 20.6 Å². The Balaban J connectivity index is 2.07. The summed E-state index contributed by atoms with van der Waals surface area (Å²) in [4.78, 5) is 21.9. The number of aromatic nitrogens is 2. The first kappa shape index (κ1) is 14.2. The molecule has 0 fully saturated rings. The zero-order chi connectivity index (χ0) is 14.7. The Morgan fingerprint density at radius 3 is 2.80 bits per heavy atom. The summed E-state index contributed by atoms with van der Waals surface area (Å²) in [5.74, 6) is -0.613. The molecule has 104 valence electrons. The van der Waals surface area contributed by atoms with Crippen LogP contribution in [0, 0.1) is 17.0 Å². The highest BCUT2D eigenvalue weighted by Crippen LogP contribution is 2.22. The number of carbonyl (C=O) groups excluding carboxylic acids is 1. The van der Waals surface area contributed by atoms with Crippen molar-refractivity contribution in [1.82, 2.24) is 9.78 Å². The Morgan fingerprint density at radius 2 is 2.20 bits per heavy atom. The van der Waals surface area contributed by atoms with Gasteiger partial charge in [0.2, 0.25) is 5.91 Å². The van der Waals surface area contributed by atoms with Gasteiger partial charge in [-0.25, -0.2) is 0 Å². The highest BCUT2D eigenvalue weighted by atomic mass is 79.9. The van der Waals surface area contributed by atoms with E-state index in [1.165, 1.54) is 10.9 Å². The summed E-state index contributed by atoms with van der Waals surface area (Å²) in [6.07, 6.45) is 1.40. The Kier molecular flexibility index (Phi) is 4.14. The monoisotopic (exact) mass is 338 g/mol. The summed E-state index contributed by atoms with van der Waals surface area (Å²) in [7, 11) is 0. The van der Waals surface area contributed by atoms with Crippen LogP contribution in [0.5, 0.6) is 0 Å². The van der Waals surface area contributed by atoms with Gasteiger partial charge in [0.05, 0.1) is 11.3 Å². The Labute approximate surface area is 122 Å². The van der Waals surface area contributed by atoms with E-state index in [0.717, 1.165) is 5.56 Å². The van der Waals surface area contributed by atoms with Crippen LogP contribution in [0.4, 0.5) is 11.5 Å². The minimum absolute atomic E-state index is 0.0965. The van der Waals surface area contributed by atoms with Gasteiger partial charge in [-0.2, -0.15) is 4.68 Å². The molecule has 0 aliphatic heterocycles. The third-order valence-electron chi connectivity index (χ3n) is 2.60. The van der Waals surface area contributed by atoms with Crippen molar-refractivity contribution >= 4 is 33.3 Å². The maximum atomic E-state index is 11.9. The first-order valence-electron chi connectivity index (χ1n) is 5.70. The number of para-hydroxylation sites is 1. The molecule has 1 aromatic heterocycles. The molecule has 7 nitrogen and oxygen atoms in total. The van der Waals surface area contributed by atoms with Crippen LogP contribution in [-0.2, 0) is 11.3 Å². The van der Waals surface area contributed by atoms with Crippen molar-refractivity contribution in [3.63, 3.8) is 0 Å². The number of hydrogen-bond donors (Lipinski definition) is 1. The van der Waals surface area contributed by atoms with Crippen LogP contribution in [0.25, 0.3) is 0 Å². The van der Waals surface area contributed by atoms with Gasteiger partial charge in [0.15, 0.2) is 0 Å². The van der Waals surface area contributed by atoms with Crippen molar-refractivity contribution in [3.05, 3.63) is 50.6 Å². The number of halogens is 1. The number of aryl methyl sites for hydroxylation is 1. The van der Waals surface area contributed by atoms with Crippen LogP contribution in [0.2, 0.25) is 0 Å². The lowest BCUT2D eigenvalue weighted by Gasteiger charge is -2.06. The molecule has 0 spiro atoms. The molecular formula is C12H11BrN4O3. The first-order chi connectivity index (χ1) is 9.47. The second-order valence-corrected chi connectivity index (χ2v) is 4.97. The molecule has 1 N–H and O–H groups in total. The molecule has 0 saturated carbocycles. The highest BCUT2D eigenvalue weighted by Gasteiger charge is 2.19. The fraction of sp³-hybridized carbons (Fsp3) is 0.167. The Morgan fingerprint density at radius 1 is 1.50 bits per heavy atom. The van der Waals surface area contributed by atoms with E-state index in [4.69, 9.17) is 0 Å². The highest BCUT2D eigenvalue weighted by molar-refractivity contribution is 9.10. The minimum atomic E-state index is -0.611. The summed E-state index contributed by atoms with van der Waals surface area (Å²) in [5.41, 5.74) is 1.65. The molecule has 2 rings (SSSR count). The molecule has 1 heterocycles. The van der Waals surface area contributed by atoms with Gasteiger partial charge in [-0.05, 0) is 39.4 Å². The van der Waals surface area contributed by atoms with Crippen LogP contribution in [0.3, 0.4) is 0 Å². The van der Waals surface area contributed by atoms with Crippen LogP contribution >= 0.6 is 15.9 Å². The van der Waals surface area contributed by atoms with E-state index in [0.29, 0.717) is 5.69 Å². The number of carbonyl (C=O) groups is 1. The average molecular weight is 339 g/mol. The molecule has 0 aliphatic rings. The van der Waals surface area contributed by atoms with E-state index in [9.17, 15) is 14.9 Å². The molecule has 0 atom stereocenters. The standard InChI is InChI=1S/C12H11BrN4O3/c1-8-4-2-3-5-10(8)14-11(18)7-16-6-9(13)12(15-16)17(19)20/h2-6H,7H2,1H3,(H,14,18). The summed E-state index contributed by atoms with van der Waals surface area (Å²) < 4.78 is 1.46. The van der Waals surface area contributed by atoms with Gasteiger partial charge in [-0.15, -0.1) is 0 Å². The molecule has 0 aliphatic carbocycles. The van der Waals surface area contributed by atoms with E-state index in [1.54, 1.807) is 6.07 Å². The molecule has 0 bridgehead atoms. The lowest BCUT2D eigenvalue weighted by atomic mass is 10.2. The van der Waals surface area contributed by atoms with Crippen LogP contribution < -0.4 is 5.32 Å². The van der Waals surface area contributed by atoms with Crippen molar-refractivity contribution in [2.24, 2.45) is 0 Å². The zero-order valence-electron chi connectivity index (χ0n) is 10.5. The number of rotatable bonds is 4. The van der Waals surface area contributed by atoms with Crippen molar-refractivity contribution in [2.75, 3.05) is 5.32 Å². The topological polar surface area (TPSA) is 90.1 Å². The smallest absolute Gasteiger partial charge is 0.358 e. The molecule has 0 radical (unpaired) electrons. The van der Waals surface area contributed by atoms with Gasteiger partial charge in [0, 0.05) is 5.69 Å². The van der Waals surface area contributed by atoms with E-state index >= 15 is 0 Å². The summed E-state index contributed by atoms with van der Waals surface area (Å²) in [6, 6.07) is 7.36. The maximum absolute atomic E-state index is 11.9. The van der Waals surface area contributed by atoms with Gasteiger partial charge in [-0.3, -0.25) is 4.79 Å². The van der Waals surface area contributed by atoms with Crippen molar-refractivity contribution in [2.45, 2.75) is 13.5 Å². The van der Waals surface area contributed by atoms with E-state index in [-0.39, 0.29) is 22.7 Å². The Hall–Kier alpha value is -2.22. The minimum Gasteiger partial charge on any atom is -0.358 e. The first-order valence-corrected chi connectivity index (χ1v) is 6.49. The predicted octanol–water partition coefficient (Wildman–Crippen LogP) is 2.50. The third kappa shape index (κ3) is 3.21. The number of nitrogens with one attached hydrogen (secondary N) is 1. The van der Waals surface area contributed by atoms with Gasteiger partial charge in [-0.1, -0.05) is 18.2 Å². The quantitative estimate of drug-likeness (QED) is 0.684. The number of nitro groups is 1. The second kappa shape index (κ2) is 5.83. The lowest BCUT2D eigenvalue weighted by Crippen LogP contribution is -2.19. The largest absolute Gasteiger partial charge is 0.404 e. The van der Waals surface area contributed by atoms with E-state index in [2.05, 4.69) is 26.3 Å². The van der Waals surface area contributed by atoms with Gasteiger partial charge in [0.25, 0.3) is 0 Å². The molecule has 2 aromatic rings. The normalized spacial score (nSPS) is 10.3. The molecule has 1 amide bonds. The molecular weight excluding hydrogens is 328 g/mol. The summed E-state index contributed by atoms with van der Waals surface area (Å²) in [5, 5.41) is 17.1. The lowest BCUT2D eigenvalue weighted by molar-refractivity contribution is -0.390. The Bertz CT molecular complexity index is 668. The molecule has 0 unspecified atom stereocenters. The predicted molar refractivity (Wildman–Crippen MR) is 76.4 cm³/mol. The second-order valence-electron chi connectivity index (χ2n) is 4.12. The third-order valence-corrected chi connectivity index (χ3v) is 3.16. The molecule has 1 aromatic carbocycles. The SMILES string of the molecule is Cc1ccccc1NC(=O)Cn1cc(Br)c([N+](=O)[O-])n1. The van der Waals surface area contributed by atoms with Crippen molar-refractivity contribution < 1.29 is 9.72 Å².